The van der Waals surface area contributed by atoms with Gasteiger partial charge in [-0.3, -0.25) is 4.79 Å². The minimum atomic E-state index is -0.614. The predicted octanol–water partition coefficient (Wildman–Crippen LogP) is 2.17. The van der Waals surface area contributed by atoms with Crippen LogP contribution in [0.15, 0.2) is 0 Å². The molecule has 0 amide bonds. The van der Waals surface area contributed by atoms with E-state index in [1.807, 2.05) is 6.26 Å². The quantitative estimate of drug-likeness (QED) is 0.806. The molecule has 0 aromatic carbocycles. The van der Waals surface area contributed by atoms with Crippen molar-refractivity contribution in [2.75, 3.05) is 25.1 Å². The van der Waals surface area contributed by atoms with Crippen LogP contribution in [0.25, 0.3) is 0 Å². The summed E-state index contributed by atoms with van der Waals surface area (Å²) in [5, 5.41) is 9.20. The van der Waals surface area contributed by atoms with E-state index in [1.54, 1.807) is 11.8 Å². The Bertz CT molecular complexity index is 225. The van der Waals surface area contributed by atoms with Gasteiger partial charge in [-0.1, -0.05) is 0 Å². The molecule has 94 valence electrons. The summed E-state index contributed by atoms with van der Waals surface area (Å²) >= 11 is 1.64. The monoisotopic (exact) mass is 245 g/mol. The molecule has 1 heterocycles. The molecule has 0 saturated carbocycles. The second-order valence-electron chi connectivity index (χ2n) is 4.87. The van der Waals surface area contributed by atoms with Crippen LogP contribution >= 0.6 is 11.8 Å². The number of carbonyl (C=O) groups is 1. The molecule has 1 saturated heterocycles. The van der Waals surface area contributed by atoms with E-state index < -0.39 is 5.97 Å². The molecule has 0 bridgehead atoms. The van der Waals surface area contributed by atoms with Gasteiger partial charge in [-0.05, 0) is 52.0 Å². The molecule has 1 atom stereocenters. The third-order valence-corrected chi connectivity index (χ3v) is 4.23. The van der Waals surface area contributed by atoms with Crippen molar-refractivity contribution in [1.82, 2.24) is 4.90 Å². The number of rotatable bonds is 5. The van der Waals surface area contributed by atoms with Crippen molar-refractivity contribution in [3.8, 4) is 0 Å². The lowest BCUT2D eigenvalue weighted by Gasteiger charge is -2.36. The second-order valence-corrected chi connectivity index (χ2v) is 5.78. The zero-order chi connectivity index (χ0) is 12.1. The molecule has 0 aliphatic carbocycles. The molecule has 0 radical (unpaired) electrons. The maximum absolute atomic E-state index is 11.2. The van der Waals surface area contributed by atoms with Crippen LogP contribution in [0.5, 0.6) is 0 Å². The van der Waals surface area contributed by atoms with Crippen LogP contribution in [-0.4, -0.2) is 47.1 Å². The fraction of sp³-hybridized carbons (Fsp3) is 0.917. The van der Waals surface area contributed by atoms with Crippen LogP contribution in [0.1, 0.15) is 26.7 Å². The molecule has 0 aromatic rings. The minimum absolute atomic E-state index is 0.149. The Morgan fingerprint density at radius 1 is 1.44 bits per heavy atom. The van der Waals surface area contributed by atoms with Crippen LogP contribution < -0.4 is 0 Å². The van der Waals surface area contributed by atoms with E-state index >= 15 is 0 Å². The molecule has 1 N–H and O–H groups in total. The second kappa shape index (κ2) is 6.50. The van der Waals surface area contributed by atoms with E-state index in [2.05, 4.69) is 18.7 Å². The summed E-state index contributed by atoms with van der Waals surface area (Å²) in [6.45, 7) is 6.52. The van der Waals surface area contributed by atoms with Gasteiger partial charge in [0.25, 0.3) is 0 Å². The van der Waals surface area contributed by atoms with Gasteiger partial charge < -0.3 is 10.0 Å². The average molecular weight is 245 g/mol. The number of carboxylic acid groups (broad SMARTS) is 1. The number of carboxylic acids is 1. The molecule has 0 spiro atoms. The number of piperidine rings is 1. The third-order valence-electron chi connectivity index (χ3n) is 3.54. The average Bonchev–Trinajstić information content (AvgIpc) is 2.25. The Balaban J connectivity index is 2.47. The smallest absolute Gasteiger partial charge is 0.307 e. The summed E-state index contributed by atoms with van der Waals surface area (Å²) < 4.78 is 0. The standard InChI is InChI=1S/C12H23NO2S/c1-9(2)13-6-4-10(5-7-13)11(8-16-3)12(14)15/h9-11H,4-8H2,1-3H3,(H,14,15). The third kappa shape index (κ3) is 3.67. The summed E-state index contributed by atoms with van der Waals surface area (Å²) in [6, 6.07) is 0.588. The van der Waals surface area contributed by atoms with Crippen molar-refractivity contribution in [2.24, 2.45) is 11.8 Å². The highest BCUT2D eigenvalue weighted by molar-refractivity contribution is 7.98. The lowest BCUT2D eigenvalue weighted by molar-refractivity contribution is -0.143. The first-order chi connectivity index (χ1) is 7.56. The van der Waals surface area contributed by atoms with Gasteiger partial charge in [0.1, 0.15) is 0 Å². The molecule has 1 aliphatic rings. The normalized spacial score (nSPS) is 21.2. The van der Waals surface area contributed by atoms with Gasteiger partial charge in [0.15, 0.2) is 0 Å². The minimum Gasteiger partial charge on any atom is -0.481 e. The van der Waals surface area contributed by atoms with Crippen LogP contribution in [0.2, 0.25) is 0 Å². The highest BCUT2D eigenvalue weighted by Gasteiger charge is 2.31. The number of hydrogen-bond acceptors (Lipinski definition) is 3. The van der Waals surface area contributed by atoms with Gasteiger partial charge in [-0.25, -0.2) is 0 Å². The molecule has 1 rings (SSSR count). The topological polar surface area (TPSA) is 40.5 Å². The molecule has 1 unspecified atom stereocenters. The van der Waals surface area contributed by atoms with Crippen molar-refractivity contribution in [3.63, 3.8) is 0 Å². The first kappa shape index (κ1) is 13.8. The molecule has 1 aliphatic heterocycles. The van der Waals surface area contributed by atoms with Gasteiger partial charge in [-0.2, -0.15) is 11.8 Å². The number of nitrogens with zero attached hydrogens (tertiary/aromatic N) is 1. The Labute approximate surface area is 103 Å². The lowest BCUT2D eigenvalue weighted by Crippen LogP contribution is -2.41. The van der Waals surface area contributed by atoms with Crippen LogP contribution in [-0.2, 0) is 4.79 Å². The fourth-order valence-corrected chi connectivity index (χ4v) is 3.20. The summed E-state index contributed by atoms with van der Waals surface area (Å²) in [7, 11) is 0. The van der Waals surface area contributed by atoms with Crippen molar-refractivity contribution in [2.45, 2.75) is 32.7 Å². The molecule has 1 fully saturated rings. The maximum Gasteiger partial charge on any atom is 0.307 e. The van der Waals surface area contributed by atoms with Gasteiger partial charge in [0, 0.05) is 11.8 Å². The predicted molar refractivity (Wildman–Crippen MR) is 68.9 cm³/mol. The van der Waals surface area contributed by atoms with Crippen molar-refractivity contribution >= 4 is 17.7 Å². The first-order valence-electron chi connectivity index (χ1n) is 6.02. The number of thioether (sulfide) groups is 1. The highest BCUT2D eigenvalue weighted by atomic mass is 32.2. The van der Waals surface area contributed by atoms with E-state index in [0.717, 1.165) is 31.7 Å². The molecule has 16 heavy (non-hydrogen) atoms. The Morgan fingerprint density at radius 2 is 2.00 bits per heavy atom. The highest BCUT2D eigenvalue weighted by Crippen LogP contribution is 2.28. The van der Waals surface area contributed by atoms with E-state index in [4.69, 9.17) is 0 Å². The zero-order valence-electron chi connectivity index (χ0n) is 10.5. The summed E-state index contributed by atoms with van der Waals surface area (Å²) in [4.78, 5) is 13.6. The first-order valence-corrected chi connectivity index (χ1v) is 7.41. The number of hydrogen-bond donors (Lipinski definition) is 1. The van der Waals surface area contributed by atoms with Gasteiger partial charge in [0.2, 0.25) is 0 Å². The summed E-state index contributed by atoms with van der Waals surface area (Å²) in [5.74, 6) is 0.364. The SMILES string of the molecule is CSCC(C(=O)O)C1CCN(C(C)C)CC1. The largest absolute Gasteiger partial charge is 0.481 e. The van der Waals surface area contributed by atoms with E-state index in [1.165, 1.54) is 0 Å². The van der Waals surface area contributed by atoms with Crippen molar-refractivity contribution in [1.29, 1.82) is 0 Å². The van der Waals surface area contributed by atoms with Gasteiger partial charge in [-0.15, -0.1) is 0 Å². The fourth-order valence-electron chi connectivity index (χ4n) is 2.43. The van der Waals surface area contributed by atoms with Crippen molar-refractivity contribution in [3.05, 3.63) is 0 Å². The van der Waals surface area contributed by atoms with Crippen molar-refractivity contribution < 1.29 is 9.90 Å². The number of likely N-dealkylation sites (tertiary alicyclic amines) is 1. The van der Waals surface area contributed by atoms with Gasteiger partial charge in [0.05, 0.1) is 5.92 Å². The van der Waals surface area contributed by atoms with Crippen LogP contribution in [0.3, 0.4) is 0 Å². The summed E-state index contributed by atoms with van der Waals surface area (Å²) in [5.41, 5.74) is 0. The van der Waals surface area contributed by atoms with E-state index in [-0.39, 0.29) is 5.92 Å². The number of aliphatic carboxylic acids is 1. The van der Waals surface area contributed by atoms with Gasteiger partial charge >= 0.3 is 5.97 Å². The Morgan fingerprint density at radius 3 is 2.38 bits per heavy atom. The van der Waals surface area contributed by atoms with Crippen LogP contribution in [0.4, 0.5) is 0 Å². The Hall–Kier alpha value is -0.220. The molecule has 3 nitrogen and oxygen atoms in total. The lowest BCUT2D eigenvalue weighted by atomic mass is 9.85. The maximum atomic E-state index is 11.2. The summed E-state index contributed by atoms with van der Waals surface area (Å²) in [6.07, 6.45) is 4.06. The molecular weight excluding hydrogens is 222 g/mol. The Kier molecular flexibility index (Phi) is 5.62. The molecular formula is C12H23NO2S. The molecule has 0 aromatic heterocycles. The van der Waals surface area contributed by atoms with E-state index in [0.29, 0.717) is 12.0 Å². The van der Waals surface area contributed by atoms with Crippen LogP contribution in [0, 0.1) is 11.8 Å². The van der Waals surface area contributed by atoms with E-state index in [9.17, 15) is 9.90 Å². The zero-order valence-corrected chi connectivity index (χ0v) is 11.3. The molecule has 4 heteroatoms.